The van der Waals surface area contributed by atoms with E-state index in [1.165, 1.54) is 36.5 Å². The van der Waals surface area contributed by atoms with E-state index in [0.717, 1.165) is 30.0 Å². The summed E-state index contributed by atoms with van der Waals surface area (Å²) in [6.45, 7) is 1.16. The maximum atomic E-state index is 13.6. The zero-order valence-corrected chi connectivity index (χ0v) is 16.6. The first-order valence-corrected chi connectivity index (χ1v) is 9.22. The molecule has 1 heterocycles. The minimum atomic E-state index is -4.61. The second-order valence-corrected chi connectivity index (χ2v) is 6.76. The van der Waals surface area contributed by atoms with Gasteiger partial charge in [-0.1, -0.05) is 18.2 Å². The molecule has 166 valence electrons. The number of alkyl halides is 3. The van der Waals surface area contributed by atoms with Gasteiger partial charge in [0.2, 0.25) is 11.8 Å². The maximum absolute atomic E-state index is 13.6. The predicted molar refractivity (Wildman–Crippen MR) is 107 cm³/mol. The van der Waals surface area contributed by atoms with E-state index in [1.54, 1.807) is 0 Å². The number of nitrogens with zero attached hydrogens (tertiary/aromatic N) is 2. The number of hydrogen-bond acceptors (Lipinski definition) is 3. The van der Waals surface area contributed by atoms with E-state index in [0.29, 0.717) is 6.07 Å². The molecule has 0 bridgehead atoms. The lowest BCUT2D eigenvalue weighted by Gasteiger charge is -2.21. The Balaban J connectivity index is 1.84. The minimum absolute atomic E-state index is 0.0454. The van der Waals surface area contributed by atoms with Crippen LogP contribution in [0.25, 0.3) is 0 Å². The van der Waals surface area contributed by atoms with Crippen LogP contribution in [-0.2, 0) is 22.2 Å². The molecule has 10 heteroatoms. The SMILES string of the molecule is CC(=O)N(c1cc(F)cc(F)c1)c1cc(NC(=O)Cc2ccccc2C(F)(F)F)ccn1. The van der Waals surface area contributed by atoms with Crippen molar-refractivity contribution in [2.45, 2.75) is 19.5 Å². The number of aromatic nitrogens is 1. The van der Waals surface area contributed by atoms with Gasteiger partial charge in [0.15, 0.2) is 0 Å². The van der Waals surface area contributed by atoms with Crippen molar-refractivity contribution in [1.29, 1.82) is 0 Å². The van der Waals surface area contributed by atoms with Crippen LogP contribution in [0, 0.1) is 11.6 Å². The van der Waals surface area contributed by atoms with Gasteiger partial charge in [-0.2, -0.15) is 13.2 Å². The molecule has 0 saturated carbocycles. The average molecular weight is 449 g/mol. The summed E-state index contributed by atoms with van der Waals surface area (Å²) in [6, 6.07) is 9.85. The highest BCUT2D eigenvalue weighted by atomic mass is 19.4. The molecular weight excluding hydrogens is 433 g/mol. The molecule has 0 atom stereocenters. The van der Waals surface area contributed by atoms with Gasteiger partial charge in [0.05, 0.1) is 17.7 Å². The number of amides is 2. The minimum Gasteiger partial charge on any atom is -0.326 e. The fourth-order valence-corrected chi connectivity index (χ4v) is 3.09. The molecule has 2 amide bonds. The summed E-state index contributed by atoms with van der Waals surface area (Å²) in [5.41, 5.74) is -1.11. The van der Waals surface area contributed by atoms with Crippen molar-refractivity contribution >= 4 is 29.0 Å². The maximum Gasteiger partial charge on any atom is 0.416 e. The molecular formula is C22H16F5N3O2. The Kier molecular flexibility index (Phi) is 6.52. The predicted octanol–water partition coefficient (Wildman–Crippen LogP) is 5.24. The molecule has 5 nitrogen and oxygen atoms in total. The molecule has 0 saturated heterocycles. The lowest BCUT2D eigenvalue weighted by atomic mass is 10.0. The Hall–Kier alpha value is -3.82. The third-order valence-corrected chi connectivity index (χ3v) is 4.35. The first-order chi connectivity index (χ1) is 15.0. The lowest BCUT2D eigenvalue weighted by Crippen LogP contribution is -2.24. The molecule has 0 aliphatic rings. The third kappa shape index (κ3) is 5.45. The van der Waals surface area contributed by atoms with Gasteiger partial charge in [0.25, 0.3) is 0 Å². The molecule has 0 unspecified atom stereocenters. The van der Waals surface area contributed by atoms with E-state index in [9.17, 15) is 31.5 Å². The summed E-state index contributed by atoms with van der Waals surface area (Å²) in [6.07, 6.45) is -3.91. The molecule has 1 N–H and O–H groups in total. The molecule has 3 aromatic rings. The highest BCUT2D eigenvalue weighted by Crippen LogP contribution is 2.32. The Morgan fingerprint density at radius 3 is 2.28 bits per heavy atom. The van der Waals surface area contributed by atoms with Crippen molar-refractivity contribution in [3.8, 4) is 0 Å². The zero-order chi connectivity index (χ0) is 23.5. The largest absolute Gasteiger partial charge is 0.416 e. The number of carbonyl (C=O) groups is 2. The van der Waals surface area contributed by atoms with Crippen LogP contribution in [0.5, 0.6) is 0 Å². The average Bonchev–Trinajstić information content (AvgIpc) is 2.67. The molecule has 1 aromatic heterocycles. The second kappa shape index (κ2) is 9.13. The van der Waals surface area contributed by atoms with Gasteiger partial charge in [0, 0.05) is 30.9 Å². The van der Waals surface area contributed by atoms with Gasteiger partial charge in [-0.15, -0.1) is 0 Å². The van der Waals surface area contributed by atoms with Crippen LogP contribution in [0.2, 0.25) is 0 Å². The van der Waals surface area contributed by atoms with Crippen LogP contribution in [0.3, 0.4) is 0 Å². The van der Waals surface area contributed by atoms with Crippen molar-refractivity contribution < 1.29 is 31.5 Å². The van der Waals surface area contributed by atoms with E-state index in [-0.39, 0.29) is 22.8 Å². The highest BCUT2D eigenvalue weighted by molar-refractivity contribution is 5.99. The van der Waals surface area contributed by atoms with Crippen LogP contribution in [0.15, 0.2) is 60.8 Å². The van der Waals surface area contributed by atoms with Gasteiger partial charge in [-0.25, -0.2) is 13.8 Å². The van der Waals surface area contributed by atoms with E-state index >= 15 is 0 Å². The number of halogens is 5. The molecule has 0 spiro atoms. The van der Waals surface area contributed by atoms with Crippen molar-refractivity contribution in [2.24, 2.45) is 0 Å². The fraction of sp³-hybridized carbons (Fsp3) is 0.136. The molecule has 2 aromatic carbocycles. The highest BCUT2D eigenvalue weighted by Gasteiger charge is 2.33. The number of pyridine rings is 1. The Morgan fingerprint density at radius 2 is 1.66 bits per heavy atom. The molecule has 3 rings (SSSR count). The topological polar surface area (TPSA) is 62.3 Å². The summed E-state index contributed by atoms with van der Waals surface area (Å²) in [4.78, 5) is 29.4. The summed E-state index contributed by atoms with van der Waals surface area (Å²) in [5.74, 6) is -3.19. The lowest BCUT2D eigenvalue weighted by molar-refractivity contribution is -0.138. The van der Waals surface area contributed by atoms with Crippen molar-refractivity contribution in [2.75, 3.05) is 10.2 Å². The first-order valence-electron chi connectivity index (χ1n) is 9.22. The monoisotopic (exact) mass is 449 g/mol. The number of nitrogens with one attached hydrogen (secondary N) is 1. The van der Waals surface area contributed by atoms with Crippen molar-refractivity contribution in [1.82, 2.24) is 4.98 Å². The van der Waals surface area contributed by atoms with Crippen LogP contribution in [-0.4, -0.2) is 16.8 Å². The first kappa shape index (κ1) is 22.9. The van der Waals surface area contributed by atoms with Crippen molar-refractivity contribution in [3.63, 3.8) is 0 Å². The second-order valence-electron chi connectivity index (χ2n) is 6.76. The van der Waals surface area contributed by atoms with Crippen LogP contribution in [0.1, 0.15) is 18.1 Å². The molecule has 32 heavy (non-hydrogen) atoms. The Morgan fingerprint density at radius 1 is 1.00 bits per heavy atom. The van der Waals surface area contributed by atoms with Crippen LogP contribution >= 0.6 is 0 Å². The quantitative estimate of drug-likeness (QED) is 0.542. The fourth-order valence-electron chi connectivity index (χ4n) is 3.09. The number of carbonyl (C=O) groups excluding carboxylic acids is 2. The summed E-state index contributed by atoms with van der Waals surface area (Å²) >= 11 is 0. The van der Waals surface area contributed by atoms with Crippen LogP contribution < -0.4 is 10.2 Å². The van der Waals surface area contributed by atoms with Gasteiger partial charge in [-0.05, 0) is 29.8 Å². The van der Waals surface area contributed by atoms with Gasteiger partial charge in [0.1, 0.15) is 17.5 Å². The van der Waals surface area contributed by atoms with E-state index < -0.39 is 41.6 Å². The van der Waals surface area contributed by atoms with E-state index in [4.69, 9.17) is 0 Å². The third-order valence-electron chi connectivity index (χ3n) is 4.35. The molecule has 0 fully saturated rings. The number of anilines is 3. The number of hydrogen-bond donors (Lipinski definition) is 1. The standard InChI is InChI=1S/C22H16F5N3O2/c1-13(31)30(18-10-15(23)9-16(24)11-18)20-12-17(6-7-28-20)29-21(32)8-14-4-2-3-5-19(14)22(25,26)27/h2-7,9-12H,8H2,1H3,(H,28,29,32). The van der Waals surface area contributed by atoms with Crippen molar-refractivity contribution in [3.05, 3.63) is 83.6 Å². The number of benzene rings is 2. The van der Waals surface area contributed by atoms with E-state index in [2.05, 4.69) is 10.3 Å². The van der Waals surface area contributed by atoms with Crippen LogP contribution in [0.4, 0.5) is 39.1 Å². The molecule has 0 aliphatic carbocycles. The molecule has 0 radical (unpaired) electrons. The van der Waals surface area contributed by atoms with E-state index in [1.807, 2.05) is 0 Å². The zero-order valence-electron chi connectivity index (χ0n) is 16.6. The molecule has 0 aliphatic heterocycles. The summed E-state index contributed by atoms with van der Waals surface area (Å²) in [7, 11) is 0. The van der Waals surface area contributed by atoms with Gasteiger partial charge in [-0.3, -0.25) is 14.5 Å². The Bertz CT molecular complexity index is 1140. The normalized spacial score (nSPS) is 11.2. The number of rotatable bonds is 5. The smallest absolute Gasteiger partial charge is 0.326 e. The van der Waals surface area contributed by atoms with Gasteiger partial charge >= 0.3 is 6.18 Å². The Labute approximate surface area is 179 Å². The summed E-state index contributed by atoms with van der Waals surface area (Å²) in [5, 5.41) is 2.45. The summed E-state index contributed by atoms with van der Waals surface area (Å²) < 4.78 is 66.6. The van der Waals surface area contributed by atoms with Gasteiger partial charge < -0.3 is 5.32 Å².